The number of hydrogen-bond donors (Lipinski definition) is 1. The van der Waals surface area contributed by atoms with Crippen molar-refractivity contribution < 1.29 is 9.84 Å². The molecule has 0 saturated carbocycles. The van der Waals surface area contributed by atoms with E-state index >= 15 is 0 Å². The quantitative estimate of drug-likeness (QED) is 0.776. The van der Waals surface area contributed by atoms with Crippen LogP contribution in [0.1, 0.15) is 24.3 Å². The summed E-state index contributed by atoms with van der Waals surface area (Å²) in [5.41, 5.74) is 1.37. The van der Waals surface area contributed by atoms with Gasteiger partial charge < -0.3 is 9.84 Å². The average molecular weight is 192 g/mol. The summed E-state index contributed by atoms with van der Waals surface area (Å²) < 4.78 is 5.43. The van der Waals surface area contributed by atoms with E-state index in [1.54, 1.807) is 0 Å². The minimum Gasteiger partial charge on any atom is -0.394 e. The van der Waals surface area contributed by atoms with Gasteiger partial charge in [-0.05, 0) is 24.3 Å². The van der Waals surface area contributed by atoms with Crippen LogP contribution in [0.5, 0.6) is 0 Å². The molecule has 1 fully saturated rings. The monoisotopic (exact) mass is 192 g/mol. The highest BCUT2D eigenvalue weighted by Gasteiger charge is 2.22. The van der Waals surface area contributed by atoms with Crippen molar-refractivity contribution in [2.45, 2.75) is 24.9 Å². The van der Waals surface area contributed by atoms with Gasteiger partial charge in [0.05, 0.1) is 12.7 Å². The van der Waals surface area contributed by atoms with Crippen LogP contribution in [0, 0.1) is 0 Å². The van der Waals surface area contributed by atoms with Gasteiger partial charge in [0.25, 0.3) is 0 Å². The molecule has 0 spiro atoms. The van der Waals surface area contributed by atoms with E-state index in [1.807, 2.05) is 6.07 Å². The van der Waals surface area contributed by atoms with E-state index in [4.69, 9.17) is 9.84 Å². The second-order valence-electron chi connectivity index (χ2n) is 3.81. The lowest BCUT2D eigenvalue weighted by Gasteiger charge is -2.28. The Bertz CT molecular complexity index is 271. The maximum atomic E-state index is 9.03. The van der Waals surface area contributed by atoms with Gasteiger partial charge >= 0.3 is 0 Å². The maximum absolute atomic E-state index is 9.03. The average Bonchev–Trinajstić information content (AvgIpc) is 2.30. The van der Waals surface area contributed by atoms with Crippen molar-refractivity contribution >= 4 is 0 Å². The second kappa shape index (κ2) is 4.58. The first-order chi connectivity index (χ1) is 6.90. The first kappa shape index (κ1) is 9.69. The first-order valence-corrected chi connectivity index (χ1v) is 5.17. The molecule has 2 atom stereocenters. The fraction of sp³-hybridized carbons (Fsp3) is 0.500. The van der Waals surface area contributed by atoms with Crippen LogP contribution in [0.3, 0.4) is 0 Å². The highest BCUT2D eigenvalue weighted by atomic mass is 16.5. The summed E-state index contributed by atoms with van der Waals surface area (Å²) in [5, 5.41) is 9.03. The third-order valence-corrected chi connectivity index (χ3v) is 2.84. The molecule has 0 radical (unpaired) electrons. The van der Waals surface area contributed by atoms with Crippen molar-refractivity contribution in [3.8, 4) is 0 Å². The number of benzene rings is 1. The summed E-state index contributed by atoms with van der Waals surface area (Å²) in [6.07, 6.45) is 2.05. The zero-order valence-corrected chi connectivity index (χ0v) is 8.23. The third kappa shape index (κ3) is 2.14. The topological polar surface area (TPSA) is 29.5 Å². The molecule has 76 valence electrons. The second-order valence-corrected chi connectivity index (χ2v) is 3.81. The zero-order valence-electron chi connectivity index (χ0n) is 8.23. The molecule has 1 aromatic carbocycles. The number of rotatable bonds is 2. The molecule has 1 N–H and O–H groups in total. The van der Waals surface area contributed by atoms with Crippen LogP contribution in [0.4, 0.5) is 0 Å². The Labute approximate surface area is 84.5 Å². The van der Waals surface area contributed by atoms with Gasteiger partial charge in [0.2, 0.25) is 0 Å². The molecule has 2 nitrogen and oxygen atoms in total. The third-order valence-electron chi connectivity index (χ3n) is 2.84. The number of aliphatic hydroxyl groups is 1. The minimum absolute atomic E-state index is 0.0361. The van der Waals surface area contributed by atoms with E-state index in [-0.39, 0.29) is 12.7 Å². The Hall–Kier alpha value is -0.860. The SMILES string of the molecule is OC[C@H]1C[C@@H](c2ccccc2)CCO1. The van der Waals surface area contributed by atoms with Crippen LogP contribution < -0.4 is 0 Å². The number of ether oxygens (including phenoxy) is 1. The van der Waals surface area contributed by atoms with Gasteiger partial charge in [-0.15, -0.1) is 0 Å². The van der Waals surface area contributed by atoms with Gasteiger partial charge in [-0.1, -0.05) is 30.3 Å². The minimum atomic E-state index is 0.0361. The van der Waals surface area contributed by atoms with Gasteiger partial charge in [0.15, 0.2) is 0 Å². The summed E-state index contributed by atoms with van der Waals surface area (Å²) >= 11 is 0. The lowest BCUT2D eigenvalue weighted by Crippen LogP contribution is -2.27. The van der Waals surface area contributed by atoms with Crippen LogP contribution in [-0.4, -0.2) is 24.4 Å². The van der Waals surface area contributed by atoms with E-state index in [9.17, 15) is 0 Å². The van der Waals surface area contributed by atoms with E-state index in [0.717, 1.165) is 19.4 Å². The highest BCUT2D eigenvalue weighted by Crippen LogP contribution is 2.29. The summed E-state index contributed by atoms with van der Waals surface area (Å²) in [6.45, 7) is 0.911. The molecule has 1 heterocycles. The lowest BCUT2D eigenvalue weighted by atomic mass is 9.89. The predicted molar refractivity (Wildman–Crippen MR) is 55.2 cm³/mol. The molecule has 2 rings (SSSR count). The normalized spacial score (nSPS) is 27.5. The van der Waals surface area contributed by atoms with Crippen LogP contribution in [0.25, 0.3) is 0 Å². The van der Waals surface area contributed by atoms with Crippen LogP contribution >= 0.6 is 0 Å². The Morgan fingerprint density at radius 1 is 1.29 bits per heavy atom. The molecular formula is C12H16O2. The molecule has 1 aliphatic heterocycles. The van der Waals surface area contributed by atoms with Crippen molar-refractivity contribution in [2.24, 2.45) is 0 Å². The van der Waals surface area contributed by atoms with Gasteiger partial charge in [0, 0.05) is 6.61 Å². The largest absolute Gasteiger partial charge is 0.394 e. The van der Waals surface area contributed by atoms with Crippen molar-refractivity contribution in [1.29, 1.82) is 0 Å². The molecule has 1 aromatic rings. The highest BCUT2D eigenvalue weighted by molar-refractivity contribution is 5.19. The van der Waals surface area contributed by atoms with Gasteiger partial charge in [-0.3, -0.25) is 0 Å². The lowest BCUT2D eigenvalue weighted by molar-refractivity contribution is -0.0250. The standard InChI is InChI=1S/C12H16O2/c13-9-12-8-11(6-7-14-12)10-4-2-1-3-5-10/h1-5,11-13H,6-9H2/t11-,12+/m0/s1. The molecule has 0 amide bonds. The fourth-order valence-electron chi connectivity index (χ4n) is 2.04. The predicted octanol–water partition coefficient (Wildman–Crippen LogP) is 1.94. The van der Waals surface area contributed by atoms with E-state index in [1.165, 1.54) is 5.56 Å². The van der Waals surface area contributed by atoms with Gasteiger partial charge in [0.1, 0.15) is 0 Å². The molecular weight excluding hydrogens is 176 g/mol. The van der Waals surface area contributed by atoms with Crippen LogP contribution in [-0.2, 0) is 4.74 Å². The fourth-order valence-corrected chi connectivity index (χ4v) is 2.04. The molecule has 2 heteroatoms. The van der Waals surface area contributed by atoms with Crippen molar-refractivity contribution in [2.75, 3.05) is 13.2 Å². The zero-order chi connectivity index (χ0) is 9.80. The van der Waals surface area contributed by atoms with Crippen molar-refractivity contribution in [3.63, 3.8) is 0 Å². The Kier molecular flexibility index (Phi) is 3.17. The summed E-state index contributed by atoms with van der Waals surface area (Å²) in [6, 6.07) is 10.5. The molecule has 14 heavy (non-hydrogen) atoms. The van der Waals surface area contributed by atoms with Crippen molar-refractivity contribution in [1.82, 2.24) is 0 Å². The molecule has 0 bridgehead atoms. The van der Waals surface area contributed by atoms with Crippen LogP contribution in [0.2, 0.25) is 0 Å². The van der Waals surface area contributed by atoms with Crippen molar-refractivity contribution in [3.05, 3.63) is 35.9 Å². The Balaban J connectivity index is 2.04. The molecule has 1 aliphatic rings. The summed E-state index contributed by atoms with van der Waals surface area (Å²) in [4.78, 5) is 0. The molecule has 0 unspecified atom stereocenters. The molecule has 1 saturated heterocycles. The van der Waals surface area contributed by atoms with Crippen LogP contribution in [0.15, 0.2) is 30.3 Å². The smallest absolute Gasteiger partial charge is 0.0811 e. The number of hydrogen-bond acceptors (Lipinski definition) is 2. The Morgan fingerprint density at radius 3 is 2.79 bits per heavy atom. The molecule has 0 aromatic heterocycles. The molecule has 0 aliphatic carbocycles. The van der Waals surface area contributed by atoms with E-state index in [2.05, 4.69) is 24.3 Å². The van der Waals surface area contributed by atoms with E-state index in [0.29, 0.717) is 5.92 Å². The van der Waals surface area contributed by atoms with Gasteiger partial charge in [-0.2, -0.15) is 0 Å². The maximum Gasteiger partial charge on any atom is 0.0811 e. The Morgan fingerprint density at radius 2 is 2.07 bits per heavy atom. The van der Waals surface area contributed by atoms with Gasteiger partial charge in [-0.25, -0.2) is 0 Å². The van der Waals surface area contributed by atoms with E-state index < -0.39 is 0 Å². The first-order valence-electron chi connectivity index (χ1n) is 5.17. The summed E-state index contributed by atoms with van der Waals surface area (Å²) in [5.74, 6) is 0.557. The summed E-state index contributed by atoms with van der Waals surface area (Å²) in [7, 11) is 0. The number of aliphatic hydroxyl groups excluding tert-OH is 1.